The van der Waals surface area contributed by atoms with Crippen LogP contribution in [-0.4, -0.2) is 23.4 Å². The number of benzene rings is 1. The van der Waals surface area contributed by atoms with Crippen molar-refractivity contribution < 1.29 is 4.79 Å². The van der Waals surface area contributed by atoms with E-state index in [-0.39, 0.29) is 16.8 Å². The van der Waals surface area contributed by atoms with E-state index in [4.69, 9.17) is 23.2 Å². The highest BCUT2D eigenvalue weighted by molar-refractivity contribution is 8.14. The lowest BCUT2D eigenvalue weighted by Gasteiger charge is -2.05. The van der Waals surface area contributed by atoms with Gasteiger partial charge in [-0.25, -0.2) is 0 Å². The first-order valence-corrected chi connectivity index (χ1v) is 6.65. The van der Waals surface area contributed by atoms with Crippen LogP contribution in [0.15, 0.2) is 29.4 Å². The average molecular weight is 287 g/mol. The van der Waals surface area contributed by atoms with Gasteiger partial charge in [-0.1, -0.05) is 35.5 Å². The lowest BCUT2D eigenvalue weighted by atomic mass is 10.1. The van der Waals surface area contributed by atoms with Gasteiger partial charge in [0, 0.05) is 11.6 Å². The third-order valence-electron chi connectivity index (χ3n) is 2.10. The second kappa shape index (κ2) is 7.84. The quantitative estimate of drug-likeness (QED) is 0.325. The third kappa shape index (κ3) is 5.79. The predicted octanol–water partition coefficient (Wildman–Crippen LogP) is 0.920. The Kier molecular flexibility index (Phi) is 6.38. The lowest BCUT2D eigenvalue weighted by Crippen LogP contribution is -2.28. The molecule has 5 nitrogen and oxygen atoms in total. The predicted molar refractivity (Wildman–Crippen MR) is 76.4 cm³/mol. The minimum atomic E-state index is -0.103. The van der Waals surface area contributed by atoms with Gasteiger partial charge < -0.3 is 16.9 Å². The summed E-state index contributed by atoms with van der Waals surface area (Å²) in [5.41, 5.74) is 6.43. The largest absolute Gasteiger partial charge is 0.377 e. The summed E-state index contributed by atoms with van der Waals surface area (Å²) in [5.74, 6) is 5.05. The molecule has 0 aromatic heterocycles. The first-order valence-electron chi connectivity index (χ1n) is 5.29. The van der Waals surface area contributed by atoms with E-state index >= 15 is 0 Å². The first kappa shape index (κ1) is 14.7. The van der Waals surface area contributed by atoms with Crippen molar-refractivity contribution in [3.05, 3.63) is 34.9 Å². The normalized spacial score (nSPS) is 11.3. The Morgan fingerprint density at radius 3 is 2.94 bits per heavy atom. The van der Waals surface area contributed by atoms with Gasteiger partial charge in [-0.15, -0.1) is 0 Å². The van der Waals surface area contributed by atoms with Crippen molar-refractivity contribution in [1.29, 1.82) is 0 Å². The molecule has 0 radical (unpaired) electrons. The number of thioether (sulfide) groups is 1. The standard InChI is InChI=1S/C11H15ClN4OS/c12-9-3-1-2-8(6-9)4-5-15-10(17)7-18-11(13)16-14/h1-3,6H,4-5,7,14H2,(H2,13,16)(H,15,17). The van der Waals surface area contributed by atoms with Crippen LogP contribution in [0.25, 0.3) is 0 Å². The number of nitrogens with zero attached hydrogens (tertiary/aromatic N) is 1. The van der Waals surface area contributed by atoms with Gasteiger partial charge in [-0.05, 0) is 24.1 Å². The Balaban J connectivity index is 2.23. The molecule has 5 N–H and O–H groups in total. The summed E-state index contributed by atoms with van der Waals surface area (Å²) in [6, 6.07) is 7.54. The number of carbonyl (C=O) groups excluding carboxylic acids is 1. The molecule has 0 saturated carbocycles. The number of hydrogen-bond acceptors (Lipinski definition) is 4. The summed E-state index contributed by atoms with van der Waals surface area (Å²) in [5, 5.41) is 6.93. The number of carbonyl (C=O) groups is 1. The molecule has 0 aliphatic carbocycles. The average Bonchev–Trinajstić information content (AvgIpc) is 2.36. The zero-order valence-electron chi connectivity index (χ0n) is 9.73. The molecule has 1 aromatic rings. The minimum Gasteiger partial charge on any atom is -0.377 e. The minimum absolute atomic E-state index is 0.103. The van der Waals surface area contributed by atoms with Gasteiger partial charge >= 0.3 is 0 Å². The molecule has 0 saturated heterocycles. The maximum absolute atomic E-state index is 11.4. The number of rotatable bonds is 5. The maximum atomic E-state index is 11.4. The van der Waals surface area contributed by atoms with Crippen molar-refractivity contribution in [3.63, 3.8) is 0 Å². The fraction of sp³-hybridized carbons (Fsp3) is 0.273. The molecule has 0 spiro atoms. The van der Waals surface area contributed by atoms with Crippen LogP contribution in [0, 0.1) is 0 Å². The molecular weight excluding hydrogens is 272 g/mol. The van der Waals surface area contributed by atoms with Crippen molar-refractivity contribution in [2.24, 2.45) is 16.7 Å². The summed E-state index contributed by atoms with van der Waals surface area (Å²) in [4.78, 5) is 11.4. The van der Waals surface area contributed by atoms with Crippen LogP contribution < -0.4 is 16.9 Å². The SMILES string of the molecule is NN=C(N)SCC(=O)NCCc1cccc(Cl)c1. The van der Waals surface area contributed by atoms with Gasteiger partial charge in [-0.3, -0.25) is 4.79 Å². The molecule has 0 aliphatic rings. The van der Waals surface area contributed by atoms with Crippen molar-refractivity contribution in [2.75, 3.05) is 12.3 Å². The van der Waals surface area contributed by atoms with Crippen LogP contribution in [0.3, 0.4) is 0 Å². The number of nitrogens with two attached hydrogens (primary N) is 2. The fourth-order valence-corrected chi connectivity index (χ4v) is 1.93. The van der Waals surface area contributed by atoms with Crippen molar-refractivity contribution in [3.8, 4) is 0 Å². The zero-order chi connectivity index (χ0) is 13.4. The number of amides is 1. The van der Waals surface area contributed by atoms with Gasteiger partial charge in [0.2, 0.25) is 5.91 Å². The molecule has 98 valence electrons. The van der Waals surface area contributed by atoms with E-state index in [1.54, 1.807) is 0 Å². The van der Waals surface area contributed by atoms with Crippen LogP contribution in [0.1, 0.15) is 5.56 Å². The summed E-state index contributed by atoms with van der Waals surface area (Å²) in [7, 11) is 0. The molecule has 0 bridgehead atoms. The maximum Gasteiger partial charge on any atom is 0.230 e. The second-order valence-electron chi connectivity index (χ2n) is 3.49. The van der Waals surface area contributed by atoms with E-state index in [0.29, 0.717) is 11.6 Å². The van der Waals surface area contributed by atoms with Crippen molar-refractivity contribution in [2.45, 2.75) is 6.42 Å². The smallest absolute Gasteiger partial charge is 0.230 e. The van der Waals surface area contributed by atoms with Gasteiger partial charge in [0.25, 0.3) is 0 Å². The summed E-state index contributed by atoms with van der Waals surface area (Å²) < 4.78 is 0. The first-order chi connectivity index (χ1) is 8.61. The summed E-state index contributed by atoms with van der Waals surface area (Å²) in [6.45, 7) is 0.555. The molecule has 0 unspecified atom stereocenters. The molecule has 1 amide bonds. The van der Waals surface area contributed by atoms with Crippen LogP contribution >= 0.6 is 23.4 Å². The molecule has 1 aromatic carbocycles. The number of halogens is 1. The zero-order valence-corrected chi connectivity index (χ0v) is 11.3. The molecule has 0 atom stereocenters. The van der Waals surface area contributed by atoms with Gasteiger partial charge in [0.05, 0.1) is 5.75 Å². The monoisotopic (exact) mass is 286 g/mol. The van der Waals surface area contributed by atoms with E-state index in [1.807, 2.05) is 24.3 Å². The summed E-state index contributed by atoms with van der Waals surface area (Å²) in [6.07, 6.45) is 0.734. The Labute approximate surface area is 115 Å². The Bertz CT molecular complexity index is 439. The Morgan fingerprint density at radius 1 is 1.50 bits per heavy atom. The van der Waals surface area contributed by atoms with E-state index < -0.39 is 0 Å². The van der Waals surface area contributed by atoms with E-state index in [9.17, 15) is 4.79 Å². The van der Waals surface area contributed by atoms with Gasteiger partial charge in [0.1, 0.15) is 0 Å². The molecule has 0 fully saturated rings. The fourth-order valence-electron chi connectivity index (χ4n) is 1.27. The van der Waals surface area contributed by atoms with E-state index in [0.717, 1.165) is 23.7 Å². The Morgan fingerprint density at radius 2 is 2.28 bits per heavy atom. The highest BCUT2D eigenvalue weighted by Crippen LogP contribution is 2.10. The van der Waals surface area contributed by atoms with Crippen LogP contribution in [0.5, 0.6) is 0 Å². The topological polar surface area (TPSA) is 93.5 Å². The number of hydrogen-bond donors (Lipinski definition) is 3. The number of hydrazone groups is 1. The lowest BCUT2D eigenvalue weighted by molar-refractivity contribution is -0.118. The van der Waals surface area contributed by atoms with Crippen LogP contribution in [-0.2, 0) is 11.2 Å². The van der Waals surface area contributed by atoms with E-state index in [1.165, 1.54) is 0 Å². The number of amidine groups is 1. The molecular formula is C11H15ClN4OS. The molecule has 18 heavy (non-hydrogen) atoms. The van der Waals surface area contributed by atoms with E-state index in [2.05, 4.69) is 10.4 Å². The summed E-state index contributed by atoms with van der Waals surface area (Å²) >= 11 is 6.96. The molecule has 0 aliphatic heterocycles. The van der Waals surface area contributed by atoms with Gasteiger partial charge in [0.15, 0.2) is 5.17 Å². The van der Waals surface area contributed by atoms with Gasteiger partial charge in [-0.2, -0.15) is 5.10 Å². The van der Waals surface area contributed by atoms with Crippen LogP contribution in [0.2, 0.25) is 5.02 Å². The second-order valence-corrected chi connectivity index (χ2v) is 4.92. The molecule has 0 heterocycles. The van der Waals surface area contributed by atoms with Crippen LogP contribution in [0.4, 0.5) is 0 Å². The molecule has 1 rings (SSSR count). The van der Waals surface area contributed by atoms with Crippen molar-refractivity contribution >= 4 is 34.4 Å². The highest BCUT2D eigenvalue weighted by atomic mass is 35.5. The number of nitrogens with one attached hydrogen (secondary N) is 1. The van der Waals surface area contributed by atoms with Crippen molar-refractivity contribution in [1.82, 2.24) is 5.32 Å². The highest BCUT2D eigenvalue weighted by Gasteiger charge is 2.03. The molecule has 7 heteroatoms. The third-order valence-corrected chi connectivity index (χ3v) is 3.15. The Hall–Kier alpha value is -1.40.